The van der Waals surface area contributed by atoms with Crippen molar-refractivity contribution >= 4 is 5.91 Å². The number of ether oxygens (including phenoxy) is 2. The number of hydrogen-bond acceptors (Lipinski definition) is 5. The van der Waals surface area contributed by atoms with E-state index in [4.69, 9.17) is 9.47 Å². The highest BCUT2D eigenvalue weighted by atomic mass is 16.5. The molecule has 3 aromatic rings. The average Bonchev–Trinajstić information content (AvgIpc) is 2.79. The Morgan fingerprint density at radius 2 is 1.78 bits per heavy atom. The van der Waals surface area contributed by atoms with E-state index in [1.54, 1.807) is 19.5 Å². The van der Waals surface area contributed by atoms with Crippen LogP contribution in [0.1, 0.15) is 38.7 Å². The Morgan fingerprint density at radius 1 is 1.09 bits per heavy atom. The van der Waals surface area contributed by atoms with Gasteiger partial charge in [0, 0.05) is 30.1 Å². The third kappa shape index (κ3) is 5.86. The first-order chi connectivity index (χ1) is 15.4. The summed E-state index contributed by atoms with van der Waals surface area (Å²) in [4.78, 5) is 19.1. The number of hydrogen-bond donors (Lipinski definition) is 1. The minimum absolute atomic E-state index is 0.0501. The van der Waals surface area contributed by atoms with E-state index in [9.17, 15) is 4.79 Å². The molecule has 6 nitrogen and oxygen atoms in total. The molecule has 0 spiro atoms. The fraction of sp³-hybridized carbons (Fsp3) is 0.308. The van der Waals surface area contributed by atoms with Crippen LogP contribution in [0.2, 0.25) is 0 Å². The molecule has 1 amide bonds. The summed E-state index contributed by atoms with van der Waals surface area (Å²) in [6, 6.07) is 15.6. The molecule has 6 heteroatoms. The van der Waals surface area contributed by atoms with Crippen LogP contribution in [0, 0.1) is 13.8 Å². The summed E-state index contributed by atoms with van der Waals surface area (Å²) in [5, 5.41) is 3.08. The van der Waals surface area contributed by atoms with Gasteiger partial charge in [0.15, 0.2) is 0 Å². The lowest BCUT2D eigenvalue weighted by Gasteiger charge is -2.25. The molecule has 32 heavy (non-hydrogen) atoms. The lowest BCUT2D eigenvalue weighted by atomic mass is 10.0. The zero-order valence-electron chi connectivity index (χ0n) is 19.4. The molecular formula is C26H31N3O3. The molecular weight excluding hydrogens is 402 g/mol. The summed E-state index contributed by atoms with van der Waals surface area (Å²) >= 11 is 0. The van der Waals surface area contributed by atoms with E-state index in [0.717, 1.165) is 33.8 Å². The van der Waals surface area contributed by atoms with Gasteiger partial charge in [0.1, 0.15) is 18.1 Å². The first-order valence-corrected chi connectivity index (χ1v) is 10.6. The van der Waals surface area contributed by atoms with Crippen molar-refractivity contribution in [2.75, 3.05) is 27.7 Å². The molecule has 0 aliphatic carbocycles. The predicted molar refractivity (Wildman–Crippen MR) is 126 cm³/mol. The smallest absolute Gasteiger partial charge is 0.251 e. The van der Waals surface area contributed by atoms with Crippen molar-refractivity contribution in [3.8, 4) is 11.5 Å². The number of methoxy groups -OCH3 is 1. The van der Waals surface area contributed by atoms with Gasteiger partial charge in [-0.2, -0.15) is 0 Å². The van der Waals surface area contributed by atoms with Crippen LogP contribution in [0.4, 0.5) is 0 Å². The molecule has 0 fully saturated rings. The number of aryl methyl sites for hydroxylation is 2. The molecule has 168 valence electrons. The van der Waals surface area contributed by atoms with Crippen LogP contribution in [0.15, 0.2) is 60.9 Å². The highest BCUT2D eigenvalue weighted by Gasteiger charge is 2.17. The zero-order valence-corrected chi connectivity index (χ0v) is 19.4. The lowest BCUT2D eigenvalue weighted by Crippen LogP contribution is -2.34. The van der Waals surface area contributed by atoms with E-state index in [2.05, 4.69) is 15.2 Å². The number of carbonyl (C=O) groups is 1. The second-order valence-corrected chi connectivity index (χ2v) is 8.05. The Morgan fingerprint density at radius 3 is 2.34 bits per heavy atom. The van der Waals surface area contributed by atoms with E-state index in [1.807, 2.05) is 76.5 Å². The molecule has 0 radical (unpaired) electrons. The number of carbonyl (C=O) groups excluding carboxylic acids is 1. The maximum Gasteiger partial charge on any atom is 0.251 e. The van der Waals surface area contributed by atoms with Crippen molar-refractivity contribution in [1.29, 1.82) is 0 Å². The number of aromatic nitrogens is 1. The number of amides is 1. The molecule has 1 aromatic heterocycles. The van der Waals surface area contributed by atoms with Crippen LogP contribution in [-0.4, -0.2) is 43.5 Å². The summed E-state index contributed by atoms with van der Waals surface area (Å²) in [6.07, 6.45) is 3.53. The third-order valence-corrected chi connectivity index (χ3v) is 5.41. The van der Waals surface area contributed by atoms with Crippen LogP contribution in [-0.2, 0) is 6.61 Å². The molecule has 1 heterocycles. The molecule has 2 aromatic carbocycles. The van der Waals surface area contributed by atoms with Gasteiger partial charge in [-0.05, 0) is 75.0 Å². The summed E-state index contributed by atoms with van der Waals surface area (Å²) in [6.45, 7) is 4.85. The molecule has 0 aliphatic rings. The second kappa shape index (κ2) is 10.8. The highest BCUT2D eigenvalue weighted by Crippen LogP contribution is 2.26. The van der Waals surface area contributed by atoms with Gasteiger partial charge in [0.2, 0.25) is 0 Å². The molecule has 1 atom stereocenters. The second-order valence-electron chi connectivity index (χ2n) is 8.05. The maximum atomic E-state index is 12.9. The molecule has 0 saturated heterocycles. The van der Waals surface area contributed by atoms with Crippen LogP contribution in [0.25, 0.3) is 0 Å². The first kappa shape index (κ1) is 23.3. The van der Waals surface area contributed by atoms with Crippen LogP contribution in [0.3, 0.4) is 0 Å². The van der Waals surface area contributed by atoms with Crippen LogP contribution >= 0.6 is 0 Å². The Hall–Kier alpha value is -3.38. The Bertz CT molecular complexity index is 1010. The maximum absolute atomic E-state index is 12.9. The van der Waals surface area contributed by atoms with E-state index in [1.165, 1.54) is 0 Å². The fourth-order valence-electron chi connectivity index (χ4n) is 3.66. The summed E-state index contributed by atoms with van der Waals surface area (Å²) in [5.41, 5.74) is 4.60. The van der Waals surface area contributed by atoms with Crippen molar-refractivity contribution in [3.05, 3.63) is 88.7 Å². The van der Waals surface area contributed by atoms with Crippen LogP contribution < -0.4 is 14.8 Å². The van der Waals surface area contributed by atoms with Crippen molar-refractivity contribution in [1.82, 2.24) is 15.2 Å². The molecule has 1 N–H and O–H groups in total. The monoisotopic (exact) mass is 433 g/mol. The summed E-state index contributed by atoms with van der Waals surface area (Å²) in [5.74, 6) is 1.51. The van der Waals surface area contributed by atoms with Crippen molar-refractivity contribution < 1.29 is 14.3 Å². The van der Waals surface area contributed by atoms with Crippen LogP contribution in [0.5, 0.6) is 11.5 Å². The summed E-state index contributed by atoms with van der Waals surface area (Å²) < 4.78 is 11.2. The van der Waals surface area contributed by atoms with E-state index < -0.39 is 0 Å². The number of nitrogens with zero attached hydrogens (tertiary/aromatic N) is 2. The fourth-order valence-corrected chi connectivity index (χ4v) is 3.66. The minimum Gasteiger partial charge on any atom is -0.497 e. The minimum atomic E-state index is -0.102. The third-order valence-electron chi connectivity index (χ3n) is 5.41. The Kier molecular flexibility index (Phi) is 7.84. The van der Waals surface area contributed by atoms with Gasteiger partial charge >= 0.3 is 0 Å². The zero-order chi connectivity index (χ0) is 23.1. The standard InChI is InChI=1S/C26H31N3O3/c1-18-13-22(14-19(2)25(18)32-17-20-7-6-12-27-15-20)26(30)28-16-24(29(3)4)21-8-10-23(31-5)11-9-21/h6-15,24H,16-17H2,1-5H3,(H,28,30). The SMILES string of the molecule is COc1ccc(C(CNC(=O)c2cc(C)c(OCc3cccnc3)c(C)c2)N(C)C)cc1. The summed E-state index contributed by atoms with van der Waals surface area (Å²) in [7, 11) is 5.66. The van der Waals surface area contributed by atoms with E-state index in [0.29, 0.717) is 18.7 Å². The number of likely N-dealkylation sites (N-methyl/N-ethyl adjacent to an activating group) is 1. The van der Waals surface area contributed by atoms with E-state index in [-0.39, 0.29) is 11.9 Å². The van der Waals surface area contributed by atoms with Crippen molar-refractivity contribution in [2.45, 2.75) is 26.5 Å². The molecule has 0 aliphatic heterocycles. The average molecular weight is 434 g/mol. The lowest BCUT2D eigenvalue weighted by molar-refractivity contribution is 0.0941. The van der Waals surface area contributed by atoms with Gasteiger partial charge in [-0.1, -0.05) is 18.2 Å². The molecule has 1 unspecified atom stereocenters. The number of pyridine rings is 1. The number of nitrogens with one attached hydrogen (secondary N) is 1. The van der Waals surface area contributed by atoms with Gasteiger partial charge in [0.25, 0.3) is 5.91 Å². The number of rotatable bonds is 9. The van der Waals surface area contributed by atoms with Gasteiger partial charge in [0.05, 0.1) is 13.2 Å². The highest BCUT2D eigenvalue weighted by molar-refractivity contribution is 5.95. The predicted octanol–water partition coefficient (Wildman–Crippen LogP) is 4.32. The first-order valence-electron chi connectivity index (χ1n) is 10.6. The largest absolute Gasteiger partial charge is 0.497 e. The Balaban J connectivity index is 1.67. The molecule has 0 saturated carbocycles. The molecule has 3 rings (SSSR count). The van der Waals surface area contributed by atoms with Gasteiger partial charge in [-0.3, -0.25) is 9.78 Å². The van der Waals surface area contributed by atoms with Gasteiger partial charge in [-0.25, -0.2) is 0 Å². The normalized spacial score (nSPS) is 11.8. The van der Waals surface area contributed by atoms with Crippen molar-refractivity contribution in [2.24, 2.45) is 0 Å². The van der Waals surface area contributed by atoms with Gasteiger partial charge < -0.3 is 19.7 Å². The van der Waals surface area contributed by atoms with E-state index >= 15 is 0 Å². The van der Waals surface area contributed by atoms with Crippen molar-refractivity contribution in [3.63, 3.8) is 0 Å². The Labute approximate surface area is 190 Å². The molecule has 0 bridgehead atoms. The topological polar surface area (TPSA) is 63.7 Å². The van der Waals surface area contributed by atoms with Gasteiger partial charge in [-0.15, -0.1) is 0 Å². The quantitative estimate of drug-likeness (QED) is 0.545. The number of benzene rings is 2.